The summed E-state index contributed by atoms with van der Waals surface area (Å²) in [5, 5.41) is 43.0. The minimum Gasteiger partial charge on any atom is -0.392 e. The third-order valence-corrected chi connectivity index (χ3v) is 7.93. The molecule has 2 fully saturated rings. The lowest BCUT2D eigenvalue weighted by atomic mass is 9.59. The number of aliphatic hydroxyl groups excluding tert-OH is 3. The van der Waals surface area contributed by atoms with Crippen molar-refractivity contribution in [2.24, 2.45) is 34.5 Å². The van der Waals surface area contributed by atoms with Gasteiger partial charge in [0, 0.05) is 5.92 Å². The van der Waals surface area contributed by atoms with Crippen molar-refractivity contribution in [2.45, 2.75) is 51.9 Å². The molecule has 0 aliphatic heterocycles. The lowest BCUT2D eigenvalue weighted by Gasteiger charge is -2.48. The molecule has 8 atom stereocenters. The van der Waals surface area contributed by atoms with E-state index in [4.69, 9.17) is 0 Å². The number of carbonyl (C=O) groups is 1. The van der Waals surface area contributed by atoms with Gasteiger partial charge in [-0.3, -0.25) is 4.79 Å². The Morgan fingerprint density at radius 2 is 1.88 bits per heavy atom. The molecule has 4 aliphatic rings. The number of fused-ring (bicyclic) bond motifs is 3. The number of Topliss-reactive ketones (excluding diaryl/α,β-unsaturated/α-hetero) is 1. The van der Waals surface area contributed by atoms with Crippen molar-refractivity contribution >= 4 is 5.78 Å². The highest BCUT2D eigenvalue weighted by molar-refractivity contribution is 5.95. The molecule has 5 heteroatoms. The van der Waals surface area contributed by atoms with Gasteiger partial charge in [-0.25, -0.2) is 0 Å². The number of hydrogen-bond donors (Lipinski definition) is 4. The molecule has 3 unspecified atom stereocenters. The fourth-order valence-electron chi connectivity index (χ4n) is 6.43. The van der Waals surface area contributed by atoms with Gasteiger partial charge in [0.15, 0.2) is 5.78 Å². The molecular formula is C20H28O5. The molecule has 0 amide bonds. The van der Waals surface area contributed by atoms with E-state index >= 15 is 0 Å². The normalized spacial score (nSPS) is 53.2. The first kappa shape index (κ1) is 17.4. The van der Waals surface area contributed by atoms with Crippen LogP contribution in [0.1, 0.15) is 34.1 Å². The smallest absolute Gasteiger partial charge is 0.153 e. The van der Waals surface area contributed by atoms with Crippen molar-refractivity contribution in [2.75, 3.05) is 6.61 Å². The van der Waals surface area contributed by atoms with Crippen molar-refractivity contribution < 1.29 is 25.2 Å². The van der Waals surface area contributed by atoms with E-state index in [0.717, 1.165) is 6.42 Å². The van der Waals surface area contributed by atoms with Gasteiger partial charge in [-0.15, -0.1) is 0 Å². The lowest BCUT2D eigenvalue weighted by Crippen LogP contribution is -2.65. The molecule has 0 aromatic carbocycles. The molecule has 5 nitrogen and oxygen atoms in total. The number of allylic oxidation sites excluding steroid dienone is 1. The highest BCUT2D eigenvalue weighted by Gasteiger charge is 2.75. The van der Waals surface area contributed by atoms with E-state index in [2.05, 4.69) is 13.8 Å². The Morgan fingerprint density at radius 1 is 1.24 bits per heavy atom. The van der Waals surface area contributed by atoms with Crippen LogP contribution >= 0.6 is 0 Å². The monoisotopic (exact) mass is 348 g/mol. The molecule has 0 radical (unpaired) electrons. The minimum absolute atomic E-state index is 0.0245. The molecule has 4 aliphatic carbocycles. The van der Waals surface area contributed by atoms with Gasteiger partial charge in [0.1, 0.15) is 17.8 Å². The molecule has 0 heterocycles. The first-order valence-corrected chi connectivity index (χ1v) is 9.18. The molecule has 2 saturated carbocycles. The second-order valence-electron chi connectivity index (χ2n) is 9.27. The Balaban J connectivity index is 1.99. The molecule has 0 aromatic heterocycles. The summed E-state index contributed by atoms with van der Waals surface area (Å²) in [6.45, 7) is 7.50. The number of carbonyl (C=O) groups excluding carboxylic acids is 1. The van der Waals surface area contributed by atoms with Crippen LogP contribution in [0.2, 0.25) is 0 Å². The second kappa shape index (κ2) is 4.83. The van der Waals surface area contributed by atoms with E-state index in [-0.39, 0.29) is 28.6 Å². The van der Waals surface area contributed by atoms with E-state index < -0.39 is 35.7 Å². The Bertz CT molecular complexity index is 707. The molecule has 2 bridgehead atoms. The molecule has 138 valence electrons. The molecule has 4 N–H and O–H groups in total. The molecule has 0 aromatic rings. The fraction of sp³-hybridized carbons (Fsp3) is 0.750. The highest BCUT2D eigenvalue weighted by Crippen LogP contribution is 2.71. The first-order valence-electron chi connectivity index (χ1n) is 9.18. The van der Waals surface area contributed by atoms with Crippen LogP contribution in [0.5, 0.6) is 0 Å². The van der Waals surface area contributed by atoms with Crippen molar-refractivity contribution in [3.05, 3.63) is 23.3 Å². The molecule has 25 heavy (non-hydrogen) atoms. The minimum atomic E-state index is -2.03. The number of aliphatic hydroxyl groups is 4. The summed E-state index contributed by atoms with van der Waals surface area (Å²) in [5.74, 6) is -0.288. The van der Waals surface area contributed by atoms with Crippen molar-refractivity contribution in [3.8, 4) is 0 Å². The zero-order valence-corrected chi connectivity index (χ0v) is 15.2. The summed E-state index contributed by atoms with van der Waals surface area (Å²) >= 11 is 0. The zero-order valence-electron chi connectivity index (χ0n) is 15.2. The summed E-state index contributed by atoms with van der Waals surface area (Å²) in [6, 6.07) is 0. The van der Waals surface area contributed by atoms with E-state index in [9.17, 15) is 25.2 Å². The maximum Gasteiger partial charge on any atom is 0.153 e. The van der Waals surface area contributed by atoms with Crippen LogP contribution in [-0.4, -0.2) is 50.6 Å². The maximum absolute atomic E-state index is 13.7. The van der Waals surface area contributed by atoms with Crippen LogP contribution in [0.25, 0.3) is 0 Å². The zero-order chi connectivity index (χ0) is 18.5. The largest absolute Gasteiger partial charge is 0.392 e. The van der Waals surface area contributed by atoms with E-state index in [1.165, 1.54) is 0 Å². The Kier molecular flexibility index (Phi) is 3.36. The lowest BCUT2D eigenvalue weighted by molar-refractivity contribution is -0.190. The van der Waals surface area contributed by atoms with Crippen LogP contribution < -0.4 is 0 Å². The maximum atomic E-state index is 13.7. The molecule has 4 rings (SSSR count). The second-order valence-corrected chi connectivity index (χ2v) is 9.27. The summed E-state index contributed by atoms with van der Waals surface area (Å²) in [7, 11) is 0. The Labute approximate surface area is 148 Å². The standard InChI is InChI=1S/C20H28O5/c1-9-7-19-10(2)5-13-14(18(13,3)4)12(17(19)24)6-11(8-21)16(23)20(19,25)15(9)22/h6-7,10,12-16,21-23,25H,5,8H2,1-4H3/t10-,12+,13?,14?,15+,16?,19+,20-/m1/s1. The van der Waals surface area contributed by atoms with Gasteiger partial charge < -0.3 is 20.4 Å². The van der Waals surface area contributed by atoms with Gasteiger partial charge in [-0.1, -0.05) is 32.9 Å². The van der Waals surface area contributed by atoms with Crippen LogP contribution in [0.15, 0.2) is 23.3 Å². The number of hydrogen-bond acceptors (Lipinski definition) is 5. The molecular weight excluding hydrogens is 320 g/mol. The third-order valence-electron chi connectivity index (χ3n) is 7.93. The van der Waals surface area contributed by atoms with Gasteiger partial charge in [0.05, 0.1) is 12.0 Å². The summed E-state index contributed by atoms with van der Waals surface area (Å²) in [5.41, 5.74) is -2.58. The van der Waals surface area contributed by atoms with Crippen LogP contribution in [0.4, 0.5) is 0 Å². The van der Waals surface area contributed by atoms with Crippen molar-refractivity contribution in [1.82, 2.24) is 0 Å². The van der Waals surface area contributed by atoms with Gasteiger partial charge in [0.25, 0.3) is 0 Å². The van der Waals surface area contributed by atoms with Gasteiger partial charge in [0.2, 0.25) is 0 Å². The first-order chi connectivity index (χ1) is 11.5. The average molecular weight is 348 g/mol. The van der Waals surface area contributed by atoms with Gasteiger partial charge >= 0.3 is 0 Å². The van der Waals surface area contributed by atoms with E-state index in [0.29, 0.717) is 11.5 Å². The van der Waals surface area contributed by atoms with Crippen LogP contribution in [0, 0.1) is 34.5 Å². The Hall–Kier alpha value is -1.01. The fourth-order valence-corrected chi connectivity index (χ4v) is 6.43. The highest BCUT2D eigenvalue weighted by atomic mass is 16.4. The van der Waals surface area contributed by atoms with Gasteiger partial charge in [-0.2, -0.15) is 0 Å². The van der Waals surface area contributed by atoms with Crippen LogP contribution in [0.3, 0.4) is 0 Å². The van der Waals surface area contributed by atoms with Crippen LogP contribution in [-0.2, 0) is 4.79 Å². The number of ketones is 1. The predicted molar refractivity (Wildman–Crippen MR) is 91.4 cm³/mol. The quantitative estimate of drug-likeness (QED) is 0.526. The van der Waals surface area contributed by atoms with E-state index in [1.807, 2.05) is 6.92 Å². The molecule has 1 spiro atoms. The summed E-state index contributed by atoms with van der Waals surface area (Å²) in [4.78, 5) is 13.7. The average Bonchev–Trinajstić information content (AvgIpc) is 3.05. The summed E-state index contributed by atoms with van der Waals surface area (Å²) < 4.78 is 0. The van der Waals surface area contributed by atoms with Gasteiger partial charge in [-0.05, 0) is 47.7 Å². The Morgan fingerprint density at radius 3 is 2.48 bits per heavy atom. The topological polar surface area (TPSA) is 98.0 Å². The molecule has 0 saturated heterocycles. The van der Waals surface area contributed by atoms with E-state index in [1.54, 1.807) is 19.1 Å². The summed E-state index contributed by atoms with van der Waals surface area (Å²) in [6.07, 6.45) is 1.34. The number of rotatable bonds is 1. The third kappa shape index (κ3) is 1.71. The SMILES string of the molecule is CC1=C[C@]23C(=O)[C@@H](C=C(CO)C(O)[C@]2(O)[C@H]1O)C1C(C[C@H]3C)C1(C)C. The predicted octanol–water partition coefficient (Wildman–Crippen LogP) is 0.815. The van der Waals surface area contributed by atoms with Crippen molar-refractivity contribution in [1.29, 1.82) is 0 Å². The van der Waals surface area contributed by atoms with Crippen molar-refractivity contribution in [3.63, 3.8) is 0 Å².